The highest BCUT2D eigenvalue weighted by molar-refractivity contribution is 14.1. The second-order valence-corrected chi connectivity index (χ2v) is 5.29. The zero-order chi connectivity index (χ0) is 15.6. The standard InChI is InChI=1S/C13H8FIN2O4/c14-10-6-12(17(20)21)9(13(18)19)5-11(10)16-8-3-1-2-7(15)4-8/h1-6,16H,(H,18,19). The van der Waals surface area contributed by atoms with Crippen molar-refractivity contribution in [3.05, 3.63) is 61.5 Å². The van der Waals surface area contributed by atoms with E-state index in [1.165, 1.54) is 0 Å². The van der Waals surface area contributed by atoms with E-state index in [9.17, 15) is 19.3 Å². The molecule has 2 aromatic rings. The van der Waals surface area contributed by atoms with Gasteiger partial charge in [-0.1, -0.05) is 6.07 Å². The molecule has 2 aromatic carbocycles. The Morgan fingerprint density at radius 1 is 1.33 bits per heavy atom. The van der Waals surface area contributed by atoms with E-state index in [0.717, 1.165) is 9.64 Å². The number of anilines is 2. The maximum atomic E-state index is 13.9. The molecule has 0 aliphatic heterocycles. The van der Waals surface area contributed by atoms with Crippen molar-refractivity contribution in [2.24, 2.45) is 0 Å². The number of carboxylic acid groups (broad SMARTS) is 1. The monoisotopic (exact) mass is 402 g/mol. The second-order valence-electron chi connectivity index (χ2n) is 4.05. The van der Waals surface area contributed by atoms with E-state index in [4.69, 9.17) is 5.11 Å². The van der Waals surface area contributed by atoms with Gasteiger partial charge in [0, 0.05) is 9.26 Å². The minimum atomic E-state index is -1.49. The predicted octanol–water partition coefficient (Wildman–Crippen LogP) is 3.78. The van der Waals surface area contributed by atoms with Crippen LogP contribution in [0.5, 0.6) is 0 Å². The summed E-state index contributed by atoms with van der Waals surface area (Å²) in [5, 5.41) is 22.4. The lowest BCUT2D eigenvalue weighted by atomic mass is 10.1. The summed E-state index contributed by atoms with van der Waals surface area (Å²) in [6.07, 6.45) is 0. The Hall–Kier alpha value is -2.23. The van der Waals surface area contributed by atoms with Crippen molar-refractivity contribution < 1.29 is 19.2 Å². The molecule has 2 rings (SSSR count). The molecular formula is C13H8FIN2O4. The first-order valence-electron chi connectivity index (χ1n) is 5.62. The topological polar surface area (TPSA) is 92.5 Å². The van der Waals surface area contributed by atoms with Crippen molar-refractivity contribution in [3.8, 4) is 0 Å². The number of rotatable bonds is 4. The Morgan fingerprint density at radius 2 is 2.05 bits per heavy atom. The van der Waals surface area contributed by atoms with Gasteiger partial charge in [-0.3, -0.25) is 10.1 Å². The van der Waals surface area contributed by atoms with Crippen LogP contribution in [0, 0.1) is 19.5 Å². The van der Waals surface area contributed by atoms with Gasteiger partial charge in [0.2, 0.25) is 0 Å². The molecule has 0 unspecified atom stereocenters. The molecule has 0 amide bonds. The summed E-state index contributed by atoms with van der Waals surface area (Å²) in [6, 6.07) is 8.48. The first kappa shape index (κ1) is 15.2. The third-order valence-electron chi connectivity index (χ3n) is 2.62. The smallest absolute Gasteiger partial charge is 0.342 e. The number of hydrogen-bond donors (Lipinski definition) is 2. The van der Waals surface area contributed by atoms with Gasteiger partial charge in [-0.25, -0.2) is 9.18 Å². The van der Waals surface area contributed by atoms with Gasteiger partial charge >= 0.3 is 5.97 Å². The van der Waals surface area contributed by atoms with Crippen LogP contribution < -0.4 is 5.32 Å². The molecule has 0 aromatic heterocycles. The quantitative estimate of drug-likeness (QED) is 0.462. The van der Waals surface area contributed by atoms with Gasteiger partial charge < -0.3 is 10.4 Å². The number of nitrogens with zero attached hydrogens (tertiary/aromatic N) is 1. The van der Waals surface area contributed by atoms with Gasteiger partial charge in [0.05, 0.1) is 16.7 Å². The maximum absolute atomic E-state index is 13.9. The highest BCUT2D eigenvalue weighted by Gasteiger charge is 2.23. The molecule has 0 heterocycles. The van der Waals surface area contributed by atoms with Crippen LogP contribution >= 0.6 is 22.6 Å². The average Bonchev–Trinajstić information content (AvgIpc) is 2.40. The van der Waals surface area contributed by atoms with Gasteiger partial charge in [0.25, 0.3) is 5.69 Å². The van der Waals surface area contributed by atoms with Crippen LogP contribution in [0.2, 0.25) is 0 Å². The number of nitro groups is 1. The zero-order valence-corrected chi connectivity index (χ0v) is 12.5. The Balaban J connectivity index is 2.47. The Labute approximate surface area is 131 Å². The summed E-state index contributed by atoms with van der Waals surface area (Å²) in [5.41, 5.74) is -0.950. The molecule has 8 heteroatoms. The lowest BCUT2D eigenvalue weighted by molar-refractivity contribution is -0.385. The molecule has 0 saturated carbocycles. The molecule has 0 spiro atoms. The SMILES string of the molecule is O=C(O)c1cc(Nc2cccc(I)c2)c(F)cc1[N+](=O)[O-]. The molecule has 6 nitrogen and oxygen atoms in total. The third kappa shape index (κ3) is 3.45. The van der Waals surface area contributed by atoms with Gasteiger partial charge in [-0.2, -0.15) is 0 Å². The molecular weight excluding hydrogens is 394 g/mol. The van der Waals surface area contributed by atoms with Gasteiger partial charge in [0.15, 0.2) is 5.82 Å². The van der Waals surface area contributed by atoms with Crippen molar-refractivity contribution in [1.82, 2.24) is 0 Å². The zero-order valence-electron chi connectivity index (χ0n) is 10.3. The minimum Gasteiger partial charge on any atom is -0.477 e. The number of carboxylic acids is 1. The van der Waals surface area contributed by atoms with Crippen LogP contribution in [0.3, 0.4) is 0 Å². The van der Waals surface area contributed by atoms with E-state index in [1.54, 1.807) is 18.2 Å². The number of halogens is 2. The van der Waals surface area contributed by atoms with Crippen molar-refractivity contribution in [2.75, 3.05) is 5.32 Å². The molecule has 0 radical (unpaired) electrons. The molecule has 0 aliphatic carbocycles. The van der Waals surface area contributed by atoms with Crippen molar-refractivity contribution in [1.29, 1.82) is 0 Å². The van der Waals surface area contributed by atoms with Gasteiger partial charge in [0.1, 0.15) is 5.56 Å². The summed E-state index contributed by atoms with van der Waals surface area (Å²) in [7, 11) is 0. The lowest BCUT2D eigenvalue weighted by Crippen LogP contribution is -2.05. The molecule has 0 aliphatic rings. The van der Waals surface area contributed by atoms with E-state index < -0.39 is 28.0 Å². The fraction of sp³-hybridized carbons (Fsp3) is 0. The van der Waals surface area contributed by atoms with E-state index >= 15 is 0 Å². The van der Waals surface area contributed by atoms with Crippen LogP contribution in [0.15, 0.2) is 36.4 Å². The van der Waals surface area contributed by atoms with E-state index in [0.29, 0.717) is 11.8 Å². The Bertz CT molecular complexity index is 736. The molecule has 0 saturated heterocycles. The summed E-state index contributed by atoms with van der Waals surface area (Å²) in [4.78, 5) is 20.9. The average molecular weight is 402 g/mol. The van der Waals surface area contributed by atoms with E-state index in [1.807, 2.05) is 6.07 Å². The first-order valence-corrected chi connectivity index (χ1v) is 6.70. The number of nitrogens with one attached hydrogen (secondary N) is 1. The van der Waals surface area contributed by atoms with Crippen molar-refractivity contribution in [2.45, 2.75) is 0 Å². The van der Waals surface area contributed by atoms with Gasteiger partial charge in [-0.05, 0) is 46.9 Å². The number of nitro benzene ring substituents is 1. The van der Waals surface area contributed by atoms with Crippen LogP contribution in [0.4, 0.5) is 21.5 Å². The molecule has 21 heavy (non-hydrogen) atoms. The van der Waals surface area contributed by atoms with E-state index in [2.05, 4.69) is 27.9 Å². The molecule has 0 atom stereocenters. The first-order chi connectivity index (χ1) is 9.88. The minimum absolute atomic E-state index is 0.139. The van der Waals surface area contributed by atoms with Crippen LogP contribution in [0.25, 0.3) is 0 Å². The summed E-state index contributed by atoms with van der Waals surface area (Å²) < 4.78 is 14.8. The predicted molar refractivity (Wildman–Crippen MR) is 82.5 cm³/mol. The number of benzene rings is 2. The van der Waals surface area contributed by atoms with E-state index in [-0.39, 0.29) is 5.69 Å². The molecule has 108 valence electrons. The van der Waals surface area contributed by atoms with Crippen molar-refractivity contribution in [3.63, 3.8) is 0 Å². The second kappa shape index (κ2) is 6.04. The molecule has 0 bridgehead atoms. The van der Waals surface area contributed by atoms with Crippen LogP contribution in [-0.4, -0.2) is 16.0 Å². The molecule has 0 fully saturated rings. The third-order valence-corrected chi connectivity index (χ3v) is 3.29. The molecule has 2 N–H and O–H groups in total. The Kier molecular flexibility index (Phi) is 4.36. The normalized spacial score (nSPS) is 10.2. The largest absolute Gasteiger partial charge is 0.477 e. The highest BCUT2D eigenvalue weighted by atomic mass is 127. The lowest BCUT2D eigenvalue weighted by Gasteiger charge is -2.09. The summed E-state index contributed by atoms with van der Waals surface area (Å²) in [6.45, 7) is 0. The number of carbonyl (C=O) groups is 1. The van der Waals surface area contributed by atoms with Crippen LogP contribution in [-0.2, 0) is 0 Å². The van der Waals surface area contributed by atoms with Crippen molar-refractivity contribution >= 4 is 45.6 Å². The fourth-order valence-corrected chi connectivity index (χ4v) is 2.25. The summed E-state index contributed by atoms with van der Waals surface area (Å²) in [5.74, 6) is -2.39. The summed E-state index contributed by atoms with van der Waals surface area (Å²) >= 11 is 2.07. The van der Waals surface area contributed by atoms with Gasteiger partial charge in [-0.15, -0.1) is 0 Å². The Morgan fingerprint density at radius 3 is 2.62 bits per heavy atom. The van der Waals surface area contributed by atoms with Crippen LogP contribution in [0.1, 0.15) is 10.4 Å². The fourth-order valence-electron chi connectivity index (χ4n) is 1.70. The maximum Gasteiger partial charge on any atom is 0.342 e. The highest BCUT2D eigenvalue weighted by Crippen LogP contribution is 2.28. The number of aromatic carboxylic acids is 1. The number of hydrogen-bond acceptors (Lipinski definition) is 4.